The second kappa shape index (κ2) is 7.23. The quantitative estimate of drug-likeness (QED) is 0.915. The Morgan fingerprint density at radius 2 is 1.88 bits per heavy atom. The third kappa shape index (κ3) is 4.25. The summed E-state index contributed by atoms with van der Waals surface area (Å²) in [5, 5.41) is 0. The molecule has 0 aliphatic carbocycles. The Hall–Kier alpha value is -2.76. The van der Waals surface area contributed by atoms with Crippen LogP contribution in [0, 0.1) is 0 Å². The van der Waals surface area contributed by atoms with E-state index < -0.39 is 5.60 Å². The maximum atomic E-state index is 12.2. The molecule has 1 aliphatic rings. The van der Waals surface area contributed by atoms with Crippen molar-refractivity contribution in [3.8, 4) is 11.3 Å². The monoisotopic (exact) mass is 354 g/mol. The standard InChI is InChI=1S/C20H26N4O2/c1-15(16-6-5-7-17(12-16)18-13-21-14-22-18)23-8-10-24(11-9-23)19(25)26-20(2,3)4/h5-7,12-14H,1,8-11H2,2-4H3,(H,21,22). The van der Waals surface area contributed by atoms with Crippen LogP contribution in [0.4, 0.5) is 4.79 Å². The lowest BCUT2D eigenvalue weighted by Gasteiger charge is -2.37. The van der Waals surface area contributed by atoms with E-state index in [0.717, 1.165) is 35.6 Å². The van der Waals surface area contributed by atoms with Crippen LogP contribution in [-0.4, -0.2) is 57.6 Å². The van der Waals surface area contributed by atoms with E-state index in [1.807, 2.05) is 39.1 Å². The molecule has 1 amide bonds. The number of hydrogen-bond acceptors (Lipinski definition) is 4. The Labute approximate surface area is 154 Å². The summed E-state index contributed by atoms with van der Waals surface area (Å²) in [7, 11) is 0. The fraction of sp³-hybridized carbons (Fsp3) is 0.400. The number of piperazine rings is 1. The zero-order valence-corrected chi connectivity index (χ0v) is 15.7. The van der Waals surface area contributed by atoms with E-state index in [9.17, 15) is 4.79 Å². The molecule has 2 aromatic rings. The van der Waals surface area contributed by atoms with Crippen LogP contribution in [0.2, 0.25) is 0 Å². The molecule has 6 heteroatoms. The van der Waals surface area contributed by atoms with E-state index in [-0.39, 0.29) is 6.09 Å². The molecule has 1 aromatic carbocycles. The normalized spacial score (nSPS) is 15.0. The number of carbonyl (C=O) groups excluding carboxylic acids is 1. The third-order valence-corrected chi connectivity index (χ3v) is 4.32. The first-order valence-corrected chi connectivity index (χ1v) is 8.84. The van der Waals surface area contributed by atoms with E-state index in [0.29, 0.717) is 13.1 Å². The molecule has 0 atom stereocenters. The molecule has 6 nitrogen and oxygen atoms in total. The number of imidazole rings is 1. The molecule has 1 N–H and O–H groups in total. The summed E-state index contributed by atoms with van der Waals surface area (Å²) in [4.78, 5) is 23.4. The SMILES string of the molecule is C=C(c1cccc(-c2cnc[nH]2)c1)N1CCN(C(=O)OC(C)(C)C)CC1. The van der Waals surface area contributed by atoms with Crippen molar-refractivity contribution in [3.05, 3.63) is 48.9 Å². The molecular formula is C20H26N4O2. The minimum absolute atomic E-state index is 0.246. The molecule has 1 saturated heterocycles. The number of nitrogens with zero attached hydrogens (tertiary/aromatic N) is 3. The van der Waals surface area contributed by atoms with Crippen LogP contribution >= 0.6 is 0 Å². The Kier molecular flexibility index (Phi) is 5.02. The summed E-state index contributed by atoms with van der Waals surface area (Å²) in [5.74, 6) is 0. The number of benzene rings is 1. The highest BCUT2D eigenvalue weighted by Gasteiger charge is 2.26. The van der Waals surface area contributed by atoms with Gasteiger partial charge < -0.3 is 19.5 Å². The van der Waals surface area contributed by atoms with Crippen molar-refractivity contribution < 1.29 is 9.53 Å². The molecule has 3 rings (SSSR count). The number of nitrogens with one attached hydrogen (secondary N) is 1. The molecule has 138 valence electrons. The minimum atomic E-state index is -0.467. The van der Waals surface area contributed by atoms with Crippen LogP contribution in [0.15, 0.2) is 43.4 Å². The van der Waals surface area contributed by atoms with E-state index >= 15 is 0 Å². The Bertz CT molecular complexity index is 769. The average molecular weight is 354 g/mol. The smallest absolute Gasteiger partial charge is 0.410 e. The summed E-state index contributed by atoms with van der Waals surface area (Å²) in [5.41, 5.74) is 3.63. The number of aromatic amines is 1. The van der Waals surface area contributed by atoms with Gasteiger partial charge in [0.25, 0.3) is 0 Å². The first-order chi connectivity index (χ1) is 12.3. The molecule has 1 fully saturated rings. The van der Waals surface area contributed by atoms with Gasteiger partial charge in [-0.2, -0.15) is 0 Å². The first-order valence-electron chi connectivity index (χ1n) is 8.84. The van der Waals surface area contributed by atoms with Gasteiger partial charge >= 0.3 is 6.09 Å². The lowest BCUT2D eigenvalue weighted by atomic mass is 10.1. The van der Waals surface area contributed by atoms with Crippen molar-refractivity contribution in [3.63, 3.8) is 0 Å². The zero-order chi connectivity index (χ0) is 18.7. The molecule has 0 saturated carbocycles. The summed E-state index contributed by atoms with van der Waals surface area (Å²) in [6.45, 7) is 12.7. The van der Waals surface area contributed by atoms with Crippen LogP contribution in [0.1, 0.15) is 26.3 Å². The molecule has 1 aliphatic heterocycles. The van der Waals surface area contributed by atoms with Gasteiger partial charge in [0.05, 0.1) is 18.2 Å². The van der Waals surface area contributed by atoms with Crippen molar-refractivity contribution in [1.82, 2.24) is 19.8 Å². The fourth-order valence-corrected chi connectivity index (χ4v) is 2.95. The van der Waals surface area contributed by atoms with Gasteiger partial charge in [-0.15, -0.1) is 0 Å². The highest BCUT2D eigenvalue weighted by atomic mass is 16.6. The maximum absolute atomic E-state index is 12.2. The highest BCUT2D eigenvalue weighted by molar-refractivity contribution is 5.70. The highest BCUT2D eigenvalue weighted by Crippen LogP contribution is 2.24. The number of rotatable bonds is 3. The Balaban J connectivity index is 1.62. The van der Waals surface area contributed by atoms with E-state index in [4.69, 9.17) is 4.74 Å². The van der Waals surface area contributed by atoms with Gasteiger partial charge in [-0.05, 0) is 32.4 Å². The lowest BCUT2D eigenvalue weighted by Crippen LogP contribution is -2.49. The first kappa shape index (κ1) is 18.0. The second-order valence-corrected chi connectivity index (χ2v) is 7.45. The molecule has 0 unspecified atom stereocenters. The van der Waals surface area contributed by atoms with Crippen molar-refractivity contribution >= 4 is 11.8 Å². The second-order valence-electron chi connectivity index (χ2n) is 7.45. The van der Waals surface area contributed by atoms with E-state index in [2.05, 4.69) is 33.6 Å². The average Bonchev–Trinajstić information content (AvgIpc) is 3.14. The minimum Gasteiger partial charge on any atom is -0.444 e. The molecular weight excluding hydrogens is 328 g/mol. The van der Waals surface area contributed by atoms with Crippen molar-refractivity contribution in [2.45, 2.75) is 26.4 Å². The van der Waals surface area contributed by atoms with Crippen LogP contribution in [0.3, 0.4) is 0 Å². The zero-order valence-electron chi connectivity index (χ0n) is 15.7. The largest absolute Gasteiger partial charge is 0.444 e. The fourth-order valence-electron chi connectivity index (χ4n) is 2.95. The molecule has 2 heterocycles. The van der Waals surface area contributed by atoms with Crippen LogP contribution in [0.5, 0.6) is 0 Å². The molecule has 0 bridgehead atoms. The predicted molar refractivity (Wildman–Crippen MR) is 102 cm³/mol. The van der Waals surface area contributed by atoms with Crippen LogP contribution in [0.25, 0.3) is 17.0 Å². The van der Waals surface area contributed by atoms with Gasteiger partial charge in [-0.25, -0.2) is 9.78 Å². The lowest BCUT2D eigenvalue weighted by molar-refractivity contribution is 0.0182. The van der Waals surface area contributed by atoms with E-state index in [1.165, 1.54) is 0 Å². The number of H-pyrrole nitrogens is 1. The summed E-state index contributed by atoms with van der Waals surface area (Å²) >= 11 is 0. The van der Waals surface area contributed by atoms with Gasteiger partial charge in [0, 0.05) is 37.4 Å². The summed E-state index contributed by atoms with van der Waals surface area (Å²) < 4.78 is 5.45. The number of aromatic nitrogens is 2. The summed E-state index contributed by atoms with van der Waals surface area (Å²) in [6.07, 6.45) is 3.23. The Morgan fingerprint density at radius 3 is 2.50 bits per heavy atom. The molecule has 0 radical (unpaired) electrons. The topological polar surface area (TPSA) is 61.5 Å². The van der Waals surface area contributed by atoms with E-state index in [1.54, 1.807) is 11.2 Å². The third-order valence-electron chi connectivity index (χ3n) is 4.32. The van der Waals surface area contributed by atoms with Crippen LogP contribution < -0.4 is 0 Å². The summed E-state index contributed by atoms with van der Waals surface area (Å²) in [6, 6.07) is 8.23. The van der Waals surface area contributed by atoms with Gasteiger partial charge in [-0.1, -0.05) is 24.8 Å². The van der Waals surface area contributed by atoms with Crippen molar-refractivity contribution in [1.29, 1.82) is 0 Å². The van der Waals surface area contributed by atoms with Gasteiger partial charge in [0.2, 0.25) is 0 Å². The number of ether oxygens (including phenoxy) is 1. The molecule has 0 spiro atoms. The number of amides is 1. The number of carbonyl (C=O) groups is 1. The van der Waals surface area contributed by atoms with Crippen LogP contribution in [-0.2, 0) is 4.74 Å². The predicted octanol–water partition coefficient (Wildman–Crippen LogP) is 3.60. The maximum Gasteiger partial charge on any atom is 0.410 e. The Morgan fingerprint density at radius 1 is 1.19 bits per heavy atom. The van der Waals surface area contributed by atoms with Crippen molar-refractivity contribution in [2.24, 2.45) is 0 Å². The number of hydrogen-bond donors (Lipinski definition) is 1. The van der Waals surface area contributed by atoms with Gasteiger partial charge in [0.15, 0.2) is 0 Å². The van der Waals surface area contributed by atoms with Gasteiger partial charge in [0.1, 0.15) is 5.60 Å². The van der Waals surface area contributed by atoms with Crippen molar-refractivity contribution in [2.75, 3.05) is 26.2 Å². The van der Waals surface area contributed by atoms with Gasteiger partial charge in [-0.3, -0.25) is 0 Å². The molecule has 1 aromatic heterocycles. The molecule has 26 heavy (non-hydrogen) atoms.